The van der Waals surface area contributed by atoms with Crippen LogP contribution >= 0.6 is 0 Å². The molecule has 8 heteroatoms. The maximum absolute atomic E-state index is 13.5. The number of rotatable bonds is 7. The molecule has 7 nitrogen and oxygen atoms in total. The van der Waals surface area contributed by atoms with Gasteiger partial charge in [0.25, 0.3) is 10.0 Å². The van der Waals surface area contributed by atoms with Crippen LogP contribution in [0.5, 0.6) is 0 Å². The van der Waals surface area contributed by atoms with Crippen LogP contribution in [-0.2, 0) is 19.6 Å². The summed E-state index contributed by atoms with van der Waals surface area (Å²) in [4.78, 5) is 25.2. The predicted molar refractivity (Wildman–Crippen MR) is 132 cm³/mol. The van der Waals surface area contributed by atoms with E-state index in [1.165, 1.54) is 12.1 Å². The Hall–Kier alpha value is -3.65. The monoisotopic (exact) mass is 493 g/mol. The molecule has 0 radical (unpaired) electrons. The van der Waals surface area contributed by atoms with Gasteiger partial charge in [-0.25, -0.2) is 18.0 Å². The Morgan fingerprint density at radius 3 is 1.91 bits per heavy atom. The lowest BCUT2D eigenvalue weighted by Gasteiger charge is -2.30. The van der Waals surface area contributed by atoms with Gasteiger partial charge < -0.3 is 9.84 Å². The van der Waals surface area contributed by atoms with E-state index in [4.69, 9.17) is 4.74 Å². The quantitative estimate of drug-likeness (QED) is 0.495. The molecule has 182 valence electrons. The number of carboxylic acids is 1. The number of fused-ring (bicyclic) bond motifs is 3. The van der Waals surface area contributed by atoms with Gasteiger partial charge in [0.1, 0.15) is 6.61 Å². The number of nitrogens with zero attached hydrogens (tertiary/aromatic N) is 1. The van der Waals surface area contributed by atoms with Crippen molar-refractivity contribution in [1.29, 1.82) is 0 Å². The molecule has 0 aromatic heterocycles. The number of carbonyl (C=O) groups is 2. The molecule has 35 heavy (non-hydrogen) atoms. The van der Waals surface area contributed by atoms with Crippen LogP contribution in [0.15, 0.2) is 77.7 Å². The van der Waals surface area contributed by atoms with Crippen LogP contribution in [-0.4, -0.2) is 42.5 Å². The number of ether oxygens (including phenoxy) is 1. The van der Waals surface area contributed by atoms with Crippen molar-refractivity contribution in [3.63, 3.8) is 0 Å². The summed E-state index contributed by atoms with van der Waals surface area (Å²) in [6.07, 6.45) is -1.21. The molecule has 1 N–H and O–H groups in total. The van der Waals surface area contributed by atoms with Crippen LogP contribution in [0.3, 0.4) is 0 Å². The summed E-state index contributed by atoms with van der Waals surface area (Å²) in [5.41, 5.74) is 4.81. The molecular weight excluding hydrogens is 466 g/mol. The molecule has 0 bridgehead atoms. The summed E-state index contributed by atoms with van der Waals surface area (Å²) >= 11 is 0. The number of carboxylic acid groups (broad SMARTS) is 1. The van der Waals surface area contributed by atoms with Gasteiger partial charge in [-0.05, 0) is 47.2 Å². The van der Waals surface area contributed by atoms with E-state index in [1.807, 2.05) is 48.5 Å². The highest BCUT2D eigenvalue weighted by atomic mass is 32.2. The minimum absolute atomic E-state index is 0.128. The van der Waals surface area contributed by atoms with Gasteiger partial charge in [-0.15, -0.1) is 0 Å². The number of hydrogen-bond acceptors (Lipinski definition) is 5. The Labute approximate surface area is 205 Å². The van der Waals surface area contributed by atoms with Crippen molar-refractivity contribution in [3.8, 4) is 11.1 Å². The minimum atomic E-state index is -4.50. The van der Waals surface area contributed by atoms with E-state index >= 15 is 0 Å². The summed E-state index contributed by atoms with van der Waals surface area (Å²) in [7, 11) is -4.50. The molecule has 0 unspecified atom stereocenters. The maximum atomic E-state index is 13.5. The molecule has 1 atom stereocenters. The van der Waals surface area contributed by atoms with Crippen molar-refractivity contribution in [3.05, 3.63) is 89.5 Å². The van der Waals surface area contributed by atoms with Gasteiger partial charge in [0, 0.05) is 5.92 Å². The molecular formula is C27H27NO6S. The highest BCUT2D eigenvalue weighted by Gasteiger charge is 2.43. The van der Waals surface area contributed by atoms with E-state index < -0.39 is 34.0 Å². The third-order valence-corrected chi connectivity index (χ3v) is 7.99. The highest BCUT2D eigenvalue weighted by molar-refractivity contribution is 7.89. The predicted octanol–water partition coefficient (Wildman–Crippen LogP) is 5.04. The normalized spacial score (nSPS) is 13.7. The van der Waals surface area contributed by atoms with E-state index in [0.717, 1.165) is 27.8 Å². The van der Waals surface area contributed by atoms with Gasteiger partial charge in [0.05, 0.1) is 4.90 Å². The third-order valence-electron chi connectivity index (χ3n) is 6.23. The molecule has 3 aromatic carbocycles. The zero-order valence-corrected chi connectivity index (χ0v) is 20.5. The minimum Gasteiger partial charge on any atom is -0.480 e. The molecule has 3 aromatic rings. The fourth-order valence-corrected chi connectivity index (χ4v) is 6.09. The largest absolute Gasteiger partial charge is 0.480 e. The number of aryl methyl sites for hydroxylation is 1. The molecule has 1 amide bonds. The smallest absolute Gasteiger partial charge is 0.424 e. The molecule has 0 spiro atoms. The summed E-state index contributed by atoms with van der Waals surface area (Å²) in [6, 6.07) is 19.8. The van der Waals surface area contributed by atoms with E-state index in [0.29, 0.717) is 4.31 Å². The second-order valence-corrected chi connectivity index (χ2v) is 10.8. The Morgan fingerprint density at radius 2 is 1.43 bits per heavy atom. The van der Waals surface area contributed by atoms with Crippen LogP contribution in [0, 0.1) is 12.8 Å². The first kappa shape index (κ1) is 24.5. The van der Waals surface area contributed by atoms with Crippen molar-refractivity contribution in [2.24, 2.45) is 5.92 Å². The van der Waals surface area contributed by atoms with Gasteiger partial charge in [0.2, 0.25) is 0 Å². The number of aliphatic carboxylic acids is 1. The van der Waals surface area contributed by atoms with Crippen molar-refractivity contribution in [1.82, 2.24) is 4.31 Å². The topological polar surface area (TPSA) is 101 Å². The fraction of sp³-hybridized carbons (Fsp3) is 0.259. The van der Waals surface area contributed by atoms with Crippen LogP contribution in [0.1, 0.15) is 36.5 Å². The van der Waals surface area contributed by atoms with Crippen LogP contribution < -0.4 is 0 Å². The maximum Gasteiger partial charge on any atom is 0.424 e. The number of benzene rings is 3. The number of carbonyl (C=O) groups excluding carboxylic acids is 1. The number of amides is 1. The van der Waals surface area contributed by atoms with Crippen molar-refractivity contribution >= 4 is 22.1 Å². The first-order valence-corrected chi connectivity index (χ1v) is 12.8. The van der Waals surface area contributed by atoms with Gasteiger partial charge in [-0.1, -0.05) is 80.1 Å². The van der Waals surface area contributed by atoms with E-state index in [-0.39, 0.29) is 17.4 Å². The van der Waals surface area contributed by atoms with Crippen LogP contribution in [0.4, 0.5) is 4.79 Å². The van der Waals surface area contributed by atoms with Crippen LogP contribution in [0.2, 0.25) is 0 Å². The fourth-order valence-electron chi connectivity index (χ4n) is 4.50. The number of sulfonamides is 1. The Kier molecular flexibility index (Phi) is 6.67. The zero-order valence-electron chi connectivity index (χ0n) is 19.7. The lowest BCUT2D eigenvalue weighted by molar-refractivity contribution is -0.142. The first-order valence-electron chi connectivity index (χ1n) is 11.3. The molecule has 0 heterocycles. The molecule has 0 fully saturated rings. The van der Waals surface area contributed by atoms with Crippen LogP contribution in [0.25, 0.3) is 11.1 Å². The van der Waals surface area contributed by atoms with Crippen molar-refractivity contribution in [2.75, 3.05) is 6.61 Å². The van der Waals surface area contributed by atoms with Gasteiger partial charge in [-0.3, -0.25) is 0 Å². The summed E-state index contributed by atoms with van der Waals surface area (Å²) in [5.74, 6) is -2.41. The third kappa shape index (κ3) is 4.53. The molecule has 1 aliphatic carbocycles. The molecule has 0 saturated carbocycles. The highest BCUT2D eigenvalue weighted by Crippen LogP contribution is 2.44. The second kappa shape index (κ2) is 9.54. The standard InChI is InChI=1S/C27H27NO6S/c1-17(2)25(26(29)30)28(35(32,33)19-14-12-18(3)13-15-19)27(31)34-16-24-22-10-6-4-8-20(22)21-9-5-7-11-23(21)24/h4-15,17,24-25H,16H2,1-3H3,(H,29,30)/t25-/m0/s1. The van der Waals surface area contributed by atoms with Gasteiger partial charge >= 0.3 is 12.1 Å². The molecule has 0 saturated heterocycles. The molecule has 4 rings (SSSR count). The van der Waals surface area contributed by atoms with Gasteiger partial charge in [0.15, 0.2) is 6.04 Å². The Bertz CT molecular complexity index is 1320. The lowest BCUT2D eigenvalue weighted by Crippen LogP contribution is -2.51. The summed E-state index contributed by atoms with van der Waals surface area (Å²) < 4.78 is 32.9. The van der Waals surface area contributed by atoms with E-state index in [1.54, 1.807) is 32.9 Å². The first-order chi connectivity index (χ1) is 16.6. The Balaban J connectivity index is 1.68. The second-order valence-electron chi connectivity index (χ2n) is 8.95. The summed E-state index contributed by atoms with van der Waals surface area (Å²) in [6.45, 7) is 4.77. The SMILES string of the molecule is Cc1ccc(S(=O)(=O)N(C(=O)OCC2c3ccccc3-c3ccccc32)[C@H](C(=O)O)C(C)C)cc1. The molecule has 0 aliphatic heterocycles. The summed E-state index contributed by atoms with van der Waals surface area (Å²) in [5, 5.41) is 9.84. The van der Waals surface area contributed by atoms with E-state index in [2.05, 4.69) is 0 Å². The van der Waals surface area contributed by atoms with E-state index in [9.17, 15) is 23.1 Å². The van der Waals surface area contributed by atoms with Crippen molar-refractivity contribution < 1.29 is 27.9 Å². The Morgan fingerprint density at radius 1 is 0.914 bits per heavy atom. The van der Waals surface area contributed by atoms with Crippen molar-refractivity contribution in [2.45, 2.75) is 37.6 Å². The molecule has 1 aliphatic rings. The average molecular weight is 494 g/mol. The van der Waals surface area contributed by atoms with Gasteiger partial charge in [-0.2, -0.15) is 4.31 Å². The number of hydrogen-bond donors (Lipinski definition) is 1. The zero-order chi connectivity index (χ0) is 25.3. The average Bonchev–Trinajstić information content (AvgIpc) is 3.14. The lowest BCUT2D eigenvalue weighted by atomic mass is 9.98.